The molecule has 6 nitrogen and oxygen atoms in total. The third-order valence-corrected chi connectivity index (χ3v) is 5.84. The summed E-state index contributed by atoms with van der Waals surface area (Å²) in [5.74, 6) is 0.712. The van der Waals surface area contributed by atoms with Crippen LogP contribution in [0.5, 0.6) is 5.75 Å². The second kappa shape index (κ2) is 9.92. The van der Waals surface area contributed by atoms with Gasteiger partial charge in [0.15, 0.2) is 0 Å². The van der Waals surface area contributed by atoms with Crippen molar-refractivity contribution in [2.24, 2.45) is 0 Å². The molecule has 0 radical (unpaired) electrons. The molecule has 4 bridgehead atoms. The molecule has 1 saturated heterocycles. The van der Waals surface area contributed by atoms with Gasteiger partial charge in [-0.1, -0.05) is 25.8 Å². The third kappa shape index (κ3) is 5.25. The summed E-state index contributed by atoms with van der Waals surface area (Å²) in [6, 6.07) is 6.10. The smallest absolute Gasteiger partial charge is 0.251 e. The molecule has 0 unspecified atom stereocenters. The van der Waals surface area contributed by atoms with Crippen LogP contribution in [0.4, 0.5) is 0 Å². The molecule has 1 fully saturated rings. The maximum Gasteiger partial charge on any atom is 0.251 e. The van der Waals surface area contributed by atoms with Gasteiger partial charge in [0.05, 0.1) is 6.54 Å². The van der Waals surface area contributed by atoms with Gasteiger partial charge in [0.2, 0.25) is 5.91 Å². The van der Waals surface area contributed by atoms with Gasteiger partial charge in [0, 0.05) is 30.6 Å². The van der Waals surface area contributed by atoms with Crippen molar-refractivity contribution in [2.75, 3.05) is 26.2 Å². The van der Waals surface area contributed by atoms with Crippen LogP contribution in [0.1, 0.15) is 61.4 Å². The molecule has 0 spiro atoms. The molecule has 0 aliphatic carbocycles. The summed E-state index contributed by atoms with van der Waals surface area (Å²) < 4.78 is 5.79. The average molecular weight is 388 g/mol. The van der Waals surface area contributed by atoms with Crippen molar-refractivity contribution in [1.82, 2.24) is 15.5 Å². The van der Waals surface area contributed by atoms with E-state index in [1.807, 2.05) is 19.1 Å². The average Bonchev–Trinajstić information content (AvgIpc) is 3.05. The molecule has 1 aromatic carbocycles. The predicted octanol–water partition coefficient (Wildman–Crippen LogP) is 2.65. The standard InChI is InChI=1S/C22H33N3O3/c1-3-4-5-11-25-18-8-9-19(25)15-24-22(27)17-7-6-16(2)20(13-17)28-12-10-23-21(26)14-18/h6-7,13,18-19H,3-5,8-12,14-15H2,1-2H3,(H,23,26)(H,24,27)/t18-,19+/m0/s1. The fraction of sp³-hybridized carbons (Fsp3) is 0.636. The van der Waals surface area contributed by atoms with E-state index in [9.17, 15) is 9.59 Å². The Labute approximate surface area is 168 Å². The van der Waals surface area contributed by atoms with Crippen LogP contribution in [-0.2, 0) is 4.79 Å². The Bertz CT molecular complexity index is 692. The lowest BCUT2D eigenvalue weighted by atomic mass is 10.1. The van der Waals surface area contributed by atoms with Gasteiger partial charge in [-0.05, 0) is 50.4 Å². The number of carbonyl (C=O) groups is 2. The molecule has 6 heteroatoms. The summed E-state index contributed by atoms with van der Waals surface area (Å²) in [6.45, 7) is 6.63. The van der Waals surface area contributed by atoms with Crippen LogP contribution in [0.2, 0.25) is 0 Å². The molecule has 2 atom stereocenters. The van der Waals surface area contributed by atoms with Crippen LogP contribution in [0.15, 0.2) is 18.2 Å². The Kier molecular flexibility index (Phi) is 7.31. The molecular weight excluding hydrogens is 354 g/mol. The lowest BCUT2D eigenvalue weighted by molar-refractivity contribution is -0.122. The zero-order chi connectivity index (χ0) is 19.9. The zero-order valence-corrected chi connectivity index (χ0v) is 17.1. The maximum atomic E-state index is 12.7. The van der Waals surface area contributed by atoms with Crippen molar-refractivity contribution in [3.63, 3.8) is 0 Å². The number of unbranched alkanes of at least 4 members (excludes halogenated alkanes) is 2. The number of ether oxygens (including phenoxy) is 1. The van der Waals surface area contributed by atoms with E-state index in [1.54, 1.807) is 6.07 Å². The molecule has 3 rings (SSSR count). The van der Waals surface area contributed by atoms with E-state index in [0.717, 1.165) is 31.4 Å². The molecule has 2 aliphatic rings. The van der Waals surface area contributed by atoms with Gasteiger partial charge in [-0.15, -0.1) is 0 Å². The van der Waals surface area contributed by atoms with Crippen LogP contribution in [-0.4, -0.2) is 55.0 Å². The van der Waals surface area contributed by atoms with Gasteiger partial charge in [-0.25, -0.2) is 0 Å². The normalized spacial score (nSPS) is 23.9. The molecule has 1 aromatic rings. The van der Waals surface area contributed by atoms with Gasteiger partial charge < -0.3 is 15.4 Å². The zero-order valence-electron chi connectivity index (χ0n) is 17.1. The first kappa shape index (κ1) is 20.6. The van der Waals surface area contributed by atoms with Crippen LogP contribution in [0.25, 0.3) is 0 Å². The van der Waals surface area contributed by atoms with E-state index in [2.05, 4.69) is 22.5 Å². The SMILES string of the molecule is CCCCCN1[C@@H]2CC[C@H]1CC(=O)NCCOc1cc(ccc1C)C(=O)NC2. The molecule has 2 amide bonds. The number of aryl methyl sites for hydroxylation is 1. The summed E-state index contributed by atoms with van der Waals surface area (Å²) in [6.07, 6.45) is 6.05. The van der Waals surface area contributed by atoms with Crippen molar-refractivity contribution in [3.05, 3.63) is 29.3 Å². The monoisotopic (exact) mass is 387 g/mol. The first-order chi connectivity index (χ1) is 13.6. The van der Waals surface area contributed by atoms with E-state index in [0.29, 0.717) is 43.5 Å². The van der Waals surface area contributed by atoms with Crippen LogP contribution >= 0.6 is 0 Å². The summed E-state index contributed by atoms with van der Waals surface area (Å²) >= 11 is 0. The fourth-order valence-corrected chi connectivity index (χ4v) is 4.21. The maximum absolute atomic E-state index is 12.7. The number of carbonyl (C=O) groups excluding carboxylic acids is 2. The van der Waals surface area contributed by atoms with E-state index in [1.165, 1.54) is 12.8 Å². The van der Waals surface area contributed by atoms with E-state index >= 15 is 0 Å². The highest BCUT2D eigenvalue weighted by atomic mass is 16.5. The minimum atomic E-state index is -0.0640. The van der Waals surface area contributed by atoms with Gasteiger partial charge in [-0.2, -0.15) is 0 Å². The Balaban J connectivity index is 1.76. The molecule has 0 saturated carbocycles. The number of fused-ring (bicyclic) bond motifs is 4. The molecule has 154 valence electrons. The van der Waals surface area contributed by atoms with Gasteiger partial charge >= 0.3 is 0 Å². The van der Waals surface area contributed by atoms with Crippen LogP contribution < -0.4 is 15.4 Å². The predicted molar refractivity (Wildman–Crippen MR) is 110 cm³/mol. The largest absolute Gasteiger partial charge is 0.491 e. The highest BCUT2D eigenvalue weighted by molar-refractivity contribution is 5.94. The fourth-order valence-electron chi connectivity index (χ4n) is 4.21. The molecule has 2 heterocycles. The Morgan fingerprint density at radius 3 is 2.79 bits per heavy atom. The molecule has 28 heavy (non-hydrogen) atoms. The van der Waals surface area contributed by atoms with E-state index in [4.69, 9.17) is 4.74 Å². The Hall–Kier alpha value is -2.08. The van der Waals surface area contributed by atoms with Gasteiger partial charge in [-0.3, -0.25) is 14.5 Å². The Morgan fingerprint density at radius 2 is 1.96 bits per heavy atom. The van der Waals surface area contributed by atoms with Crippen molar-refractivity contribution in [3.8, 4) is 5.75 Å². The van der Waals surface area contributed by atoms with E-state index in [-0.39, 0.29) is 17.9 Å². The third-order valence-electron chi connectivity index (χ3n) is 5.84. The number of benzene rings is 1. The number of nitrogens with one attached hydrogen (secondary N) is 2. The molecule has 2 N–H and O–H groups in total. The molecular formula is C22H33N3O3. The van der Waals surface area contributed by atoms with Crippen LogP contribution in [0.3, 0.4) is 0 Å². The number of rotatable bonds is 4. The van der Waals surface area contributed by atoms with E-state index < -0.39 is 0 Å². The summed E-state index contributed by atoms with van der Waals surface area (Å²) in [5, 5.41) is 6.09. The van der Waals surface area contributed by atoms with Gasteiger partial charge in [0.25, 0.3) is 5.91 Å². The lowest BCUT2D eigenvalue weighted by Gasteiger charge is -2.30. The number of amides is 2. The summed E-state index contributed by atoms with van der Waals surface area (Å²) in [7, 11) is 0. The second-order valence-electron chi connectivity index (χ2n) is 7.92. The molecule has 2 aliphatic heterocycles. The quantitative estimate of drug-likeness (QED) is 0.779. The van der Waals surface area contributed by atoms with Crippen LogP contribution in [0, 0.1) is 6.92 Å². The van der Waals surface area contributed by atoms with Crippen molar-refractivity contribution in [2.45, 2.75) is 64.5 Å². The summed E-state index contributed by atoms with van der Waals surface area (Å²) in [4.78, 5) is 27.5. The van der Waals surface area contributed by atoms with Crippen molar-refractivity contribution in [1.29, 1.82) is 0 Å². The minimum Gasteiger partial charge on any atom is -0.491 e. The lowest BCUT2D eigenvalue weighted by Crippen LogP contribution is -2.45. The topological polar surface area (TPSA) is 70.7 Å². The number of nitrogens with zero attached hydrogens (tertiary/aromatic N) is 1. The first-order valence-corrected chi connectivity index (χ1v) is 10.6. The first-order valence-electron chi connectivity index (χ1n) is 10.6. The minimum absolute atomic E-state index is 0.0640. The van der Waals surface area contributed by atoms with Gasteiger partial charge in [0.1, 0.15) is 12.4 Å². The number of hydrogen-bond donors (Lipinski definition) is 2. The van der Waals surface area contributed by atoms with Crippen molar-refractivity contribution < 1.29 is 14.3 Å². The highest BCUT2D eigenvalue weighted by Crippen LogP contribution is 2.27. The second-order valence-corrected chi connectivity index (χ2v) is 7.92. The van der Waals surface area contributed by atoms with Crippen molar-refractivity contribution >= 4 is 11.8 Å². The summed E-state index contributed by atoms with van der Waals surface area (Å²) in [5.41, 5.74) is 1.60. The molecule has 0 aromatic heterocycles. The highest BCUT2D eigenvalue weighted by Gasteiger charge is 2.34. The Morgan fingerprint density at radius 1 is 1.14 bits per heavy atom. The number of hydrogen-bond acceptors (Lipinski definition) is 4.